The first kappa shape index (κ1) is 20.6. The summed E-state index contributed by atoms with van der Waals surface area (Å²) in [5.74, 6) is 1.63. The van der Waals surface area contributed by atoms with Gasteiger partial charge in [-0.15, -0.1) is 0 Å². The molecule has 0 saturated carbocycles. The van der Waals surface area contributed by atoms with Crippen molar-refractivity contribution in [2.75, 3.05) is 13.1 Å². The van der Waals surface area contributed by atoms with Gasteiger partial charge in [0.05, 0.1) is 5.69 Å². The molecule has 5 nitrogen and oxygen atoms in total. The van der Waals surface area contributed by atoms with Crippen molar-refractivity contribution in [3.8, 4) is 0 Å². The highest BCUT2D eigenvalue weighted by Gasteiger charge is 2.21. The molecule has 1 amide bonds. The first-order valence-corrected chi connectivity index (χ1v) is 10.5. The van der Waals surface area contributed by atoms with Crippen LogP contribution >= 0.6 is 0 Å². The van der Waals surface area contributed by atoms with Crippen LogP contribution < -0.4 is 5.32 Å². The Kier molecular flexibility index (Phi) is 6.89. The van der Waals surface area contributed by atoms with E-state index in [4.69, 9.17) is 0 Å². The molecule has 1 aromatic heterocycles. The van der Waals surface area contributed by atoms with E-state index in [-0.39, 0.29) is 5.91 Å². The van der Waals surface area contributed by atoms with Gasteiger partial charge in [0.15, 0.2) is 0 Å². The molecule has 1 aliphatic heterocycles. The fraction of sp³-hybridized carbons (Fsp3) is 0.565. The molecule has 5 heteroatoms. The topological polar surface area (TPSA) is 50.2 Å². The van der Waals surface area contributed by atoms with Gasteiger partial charge in [0.1, 0.15) is 0 Å². The predicted molar refractivity (Wildman–Crippen MR) is 113 cm³/mol. The standard InChI is InChI=1S/C23H34N4O/c1-17-11-18(2)15-26(14-17)16-22-7-5-21(6-8-22)13-24-23(28)9-10-27-20(4)12-19(3)25-27/h5-8,12,17-18H,9-11,13-16H2,1-4H3,(H,24,28). The van der Waals surface area contributed by atoms with E-state index in [1.165, 1.54) is 25.1 Å². The Labute approximate surface area is 169 Å². The molecule has 3 rings (SSSR count). The number of aromatic nitrogens is 2. The molecule has 152 valence electrons. The van der Waals surface area contributed by atoms with Crippen LogP contribution in [0.2, 0.25) is 0 Å². The van der Waals surface area contributed by atoms with Crippen LogP contribution in [0.3, 0.4) is 0 Å². The van der Waals surface area contributed by atoms with E-state index in [9.17, 15) is 4.79 Å². The summed E-state index contributed by atoms with van der Waals surface area (Å²) in [4.78, 5) is 14.7. The highest BCUT2D eigenvalue weighted by atomic mass is 16.1. The highest BCUT2D eigenvalue weighted by molar-refractivity contribution is 5.75. The average molecular weight is 383 g/mol. The van der Waals surface area contributed by atoms with E-state index in [0.29, 0.717) is 19.5 Å². The smallest absolute Gasteiger partial charge is 0.222 e. The van der Waals surface area contributed by atoms with Crippen LogP contribution in [-0.4, -0.2) is 33.7 Å². The lowest BCUT2D eigenvalue weighted by molar-refractivity contribution is -0.121. The second-order valence-corrected chi connectivity index (χ2v) is 8.63. The molecule has 2 heterocycles. The number of piperidine rings is 1. The van der Waals surface area contributed by atoms with Crippen molar-refractivity contribution in [2.45, 2.75) is 60.2 Å². The van der Waals surface area contributed by atoms with Gasteiger partial charge in [-0.25, -0.2) is 0 Å². The number of carbonyl (C=O) groups excluding carboxylic acids is 1. The van der Waals surface area contributed by atoms with Crippen LogP contribution in [0.5, 0.6) is 0 Å². The summed E-state index contributed by atoms with van der Waals surface area (Å²) < 4.78 is 1.89. The number of nitrogens with one attached hydrogen (secondary N) is 1. The Balaban J connectivity index is 1.42. The number of amides is 1. The van der Waals surface area contributed by atoms with Gasteiger partial charge < -0.3 is 5.32 Å². The molecule has 1 fully saturated rings. The van der Waals surface area contributed by atoms with Gasteiger partial charge in [-0.2, -0.15) is 5.10 Å². The zero-order valence-corrected chi connectivity index (χ0v) is 17.7. The summed E-state index contributed by atoms with van der Waals surface area (Å²) in [6.45, 7) is 13.3. The second kappa shape index (κ2) is 9.37. The third kappa shape index (κ3) is 5.93. The molecular formula is C23H34N4O. The van der Waals surface area contributed by atoms with Crippen LogP contribution in [0.15, 0.2) is 30.3 Å². The summed E-state index contributed by atoms with van der Waals surface area (Å²) in [5.41, 5.74) is 4.58. The Hall–Kier alpha value is -2.14. The van der Waals surface area contributed by atoms with E-state index < -0.39 is 0 Å². The Morgan fingerprint density at radius 1 is 1.11 bits per heavy atom. The van der Waals surface area contributed by atoms with Crippen LogP contribution in [0.1, 0.15) is 49.2 Å². The number of hydrogen-bond acceptors (Lipinski definition) is 3. The van der Waals surface area contributed by atoms with Crippen LogP contribution in [-0.2, 0) is 24.4 Å². The molecule has 0 spiro atoms. The summed E-state index contributed by atoms with van der Waals surface area (Å²) >= 11 is 0. The third-order valence-corrected chi connectivity index (χ3v) is 5.52. The Morgan fingerprint density at radius 3 is 2.36 bits per heavy atom. The van der Waals surface area contributed by atoms with Gasteiger partial charge in [-0.1, -0.05) is 38.1 Å². The van der Waals surface area contributed by atoms with Crippen LogP contribution in [0, 0.1) is 25.7 Å². The molecule has 0 bridgehead atoms. The van der Waals surface area contributed by atoms with Gasteiger partial charge in [-0.05, 0) is 49.3 Å². The van der Waals surface area contributed by atoms with E-state index in [2.05, 4.69) is 53.4 Å². The van der Waals surface area contributed by atoms with Gasteiger partial charge in [-0.3, -0.25) is 14.4 Å². The largest absolute Gasteiger partial charge is 0.352 e. The summed E-state index contributed by atoms with van der Waals surface area (Å²) in [6, 6.07) is 10.7. The lowest BCUT2D eigenvalue weighted by Crippen LogP contribution is -2.38. The minimum atomic E-state index is 0.0629. The molecule has 1 N–H and O–H groups in total. The van der Waals surface area contributed by atoms with E-state index >= 15 is 0 Å². The molecule has 2 unspecified atom stereocenters. The summed E-state index contributed by atoms with van der Waals surface area (Å²) in [5, 5.41) is 7.42. The predicted octanol–water partition coefficient (Wildman–Crippen LogP) is 3.68. The quantitative estimate of drug-likeness (QED) is 0.795. The fourth-order valence-electron chi connectivity index (χ4n) is 4.34. The number of likely N-dealkylation sites (tertiary alicyclic amines) is 1. The normalized spacial score (nSPS) is 20.3. The van der Waals surface area contributed by atoms with Crippen LogP contribution in [0.4, 0.5) is 0 Å². The van der Waals surface area contributed by atoms with E-state index in [1.54, 1.807) is 0 Å². The molecule has 0 radical (unpaired) electrons. The van der Waals surface area contributed by atoms with Crippen molar-refractivity contribution in [1.29, 1.82) is 0 Å². The summed E-state index contributed by atoms with van der Waals surface area (Å²) in [6.07, 6.45) is 1.79. The molecule has 2 aromatic rings. The van der Waals surface area contributed by atoms with Crippen LogP contribution in [0.25, 0.3) is 0 Å². The van der Waals surface area contributed by atoms with E-state index in [1.807, 2.05) is 24.6 Å². The first-order chi connectivity index (χ1) is 13.4. The fourth-order valence-corrected chi connectivity index (χ4v) is 4.34. The maximum atomic E-state index is 12.1. The molecule has 2 atom stereocenters. The Bertz CT molecular complexity index is 770. The average Bonchev–Trinajstić information content (AvgIpc) is 2.96. The first-order valence-electron chi connectivity index (χ1n) is 10.5. The minimum absolute atomic E-state index is 0.0629. The van der Waals surface area contributed by atoms with Gasteiger partial charge in [0.2, 0.25) is 5.91 Å². The lowest BCUT2D eigenvalue weighted by Gasteiger charge is -2.35. The van der Waals surface area contributed by atoms with Crippen molar-refractivity contribution in [1.82, 2.24) is 20.0 Å². The number of rotatable bonds is 7. The molecule has 1 saturated heterocycles. The molecular weight excluding hydrogens is 348 g/mol. The highest BCUT2D eigenvalue weighted by Crippen LogP contribution is 2.22. The maximum absolute atomic E-state index is 12.1. The number of nitrogens with zero attached hydrogens (tertiary/aromatic N) is 3. The van der Waals surface area contributed by atoms with Crippen molar-refractivity contribution in [2.24, 2.45) is 11.8 Å². The molecule has 1 aromatic carbocycles. The zero-order valence-electron chi connectivity index (χ0n) is 17.7. The third-order valence-electron chi connectivity index (χ3n) is 5.52. The SMILES string of the molecule is Cc1cc(C)n(CCC(=O)NCc2ccc(CN3CC(C)CC(C)C3)cc2)n1. The molecule has 0 aliphatic carbocycles. The monoisotopic (exact) mass is 382 g/mol. The minimum Gasteiger partial charge on any atom is -0.352 e. The molecule has 1 aliphatic rings. The summed E-state index contributed by atoms with van der Waals surface area (Å²) in [7, 11) is 0. The Morgan fingerprint density at radius 2 is 1.75 bits per heavy atom. The molecule has 28 heavy (non-hydrogen) atoms. The number of hydrogen-bond donors (Lipinski definition) is 1. The number of aryl methyl sites for hydroxylation is 3. The number of carbonyl (C=O) groups is 1. The van der Waals surface area contributed by atoms with Gasteiger partial charge >= 0.3 is 0 Å². The maximum Gasteiger partial charge on any atom is 0.222 e. The lowest BCUT2D eigenvalue weighted by atomic mass is 9.91. The van der Waals surface area contributed by atoms with Crippen molar-refractivity contribution in [3.05, 3.63) is 52.8 Å². The van der Waals surface area contributed by atoms with Crippen molar-refractivity contribution in [3.63, 3.8) is 0 Å². The van der Waals surface area contributed by atoms with Gasteiger partial charge in [0, 0.05) is 44.8 Å². The van der Waals surface area contributed by atoms with Crippen molar-refractivity contribution < 1.29 is 4.79 Å². The second-order valence-electron chi connectivity index (χ2n) is 8.63. The van der Waals surface area contributed by atoms with Crippen molar-refractivity contribution >= 4 is 5.91 Å². The van der Waals surface area contributed by atoms with Gasteiger partial charge in [0.25, 0.3) is 0 Å². The number of benzene rings is 1. The zero-order chi connectivity index (χ0) is 20.1. The van der Waals surface area contributed by atoms with E-state index in [0.717, 1.165) is 35.3 Å².